The Hall–Kier alpha value is -1.65. The molecule has 0 fully saturated rings. The second-order valence-electron chi connectivity index (χ2n) is 4.68. The van der Waals surface area contributed by atoms with Gasteiger partial charge in [-0.05, 0) is 30.3 Å². The van der Waals surface area contributed by atoms with Crippen molar-refractivity contribution < 1.29 is 9.13 Å². The number of hydrogen-bond donors (Lipinski definition) is 1. The van der Waals surface area contributed by atoms with E-state index in [0.717, 1.165) is 0 Å². The molecule has 1 aromatic carbocycles. The molecule has 0 bridgehead atoms. The van der Waals surface area contributed by atoms with Gasteiger partial charge in [0.05, 0.1) is 0 Å². The number of halogens is 2. The van der Waals surface area contributed by atoms with Crippen molar-refractivity contribution >= 4 is 11.6 Å². The molecule has 0 aliphatic carbocycles. The molecule has 3 nitrogen and oxygen atoms in total. The maximum atomic E-state index is 14.2. The molecule has 0 atom stereocenters. The fourth-order valence-electron chi connectivity index (χ4n) is 1.60. The van der Waals surface area contributed by atoms with Gasteiger partial charge >= 0.3 is 0 Å². The first kappa shape index (κ1) is 14.8. The number of rotatable bonds is 5. The Bertz CT molecular complexity index is 573. The molecule has 0 spiro atoms. The van der Waals surface area contributed by atoms with Crippen molar-refractivity contribution in [1.29, 1.82) is 0 Å². The standard InChI is InChI=1S/C15H16ClFN2O/c1-10(2)19-9-11-7-8-18-15(14(11)17)20-13-5-3-12(16)4-6-13/h3-8,10,19H,9H2,1-2H3. The SMILES string of the molecule is CC(C)NCc1ccnc(Oc2ccc(Cl)cc2)c1F. The molecule has 0 aliphatic rings. The lowest BCUT2D eigenvalue weighted by atomic mass is 10.2. The van der Waals surface area contributed by atoms with Gasteiger partial charge in [0.15, 0.2) is 5.82 Å². The van der Waals surface area contributed by atoms with Crippen LogP contribution in [0.25, 0.3) is 0 Å². The Morgan fingerprint density at radius 3 is 2.60 bits per heavy atom. The number of nitrogens with zero attached hydrogens (tertiary/aromatic N) is 1. The fourth-order valence-corrected chi connectivity index (χ4v) is 1.72. The maximum absolute atomic E-state index is 14.2. The van der Waals surface area contributed by atoms with Crippen molar-refractivity contribution in [1.82, 2.24) is 10.3 Å². The highest BCUT2D eigenvalue weighted by Crippen LogP contribution is 2.25. The maximum Gasteiger partial charge on any atom is 0.256 e. The molecule has 0 saturated carbocycles. The molecule has 0 radical (unpaired) electrons. The molecule has 106 valence electrons. The second-order valence-corrected chi connectivity index (χ2v) is 5.12. The van der Waals surface area contributed by atoms with Gasteiger partial charge in [0.25, 0.3) is 5.88 Å². The van der Waals surface area contributed by atoms with Crippen LogP contribution in [0.15, 0.2) is 36.5 Å². The van der Waals surface area contributed by atoms with E-state index >= 15 is 0 Å². The average Bonchev–Trinajstić information content (AvgIpc) is 2.42. The van der Waals surface area contributed by atoms with Gasteiger partial charge in [-0.2, -0.15) is 0 Å². The molecule has 2 rings (SSSR count). The minimum Gasteiger partial charge on any atom is -0.436 e. The van der Waals surface area contributed by atoms with Crippen LogP contribution in [0.2, 0.25) is 5.02 Å². The smallest absolute Gasteiger partial charge is 0.256 e. The summed E-state index contributed by atoms with van der Waals surface area (Å²) in [6.45, 7) is 4.44. The van der Waals surface area contributed by atoms with E-state index in [1.54, 1.807) is 30.3 Å². The first-order valence-electron chi connectivity index (χ1n) is 6.36. The molecule has 1 aromatic heterocycles. The van der Waals surface area contributed by atoms with Crippen LogP contribution in [0.4, 0.5) is 4.39 Å². The van der Waals surface area contributed by atoms with E-state index in [1.165, 1.54) is 6.20 Å². The van der Waals surface area contributed by atoms with Gasteiger partial charge in [0.1, 0.15) is 5.75 Å². The van der Waals surface area contributed by atoms with Crippen LogP contribution in [-0.4, -0.2) is 11.0 Å². The number of ether oxygens (including phenoxy) is 1. The first-order chi connectivity index (χ1) is 9.56. The van der Waals surface area contributed by atoms with E-state index in [-0.39, 0.29) is 11.9 Å². The van der Waals surface area contributed by atoms with Crippen LogP contribution < -0.4 is 10.1 Å². The Morgan fingerprint density at radius 1 is 1.25 bits per heavy atom. The third-order valence-corrected chi connectivity index (χ3v) is 2.92. The van der Waals surface area contributed by atoms with Crippen LogP contribution in [0.5, 0.6) is 11.6 Å². The Kier molecular flexibility index (Phi) is 4.93. The van der Waals surface area contributed by atoms with Gasteiger partial charge in [-0.25, -0.2) is 9.37 Å². The van der Waals surface area contributed by atoms with E-state index in [4.69, 9.17) is 16.3 Å². The summed E-state index contributed by atoms with van der Waals surface area (Å²) in [5.41, 5.74) is 0.526. The highest BCUT2D eigenvalue weighted by molar-refractivity contribution is 6.30. The van der Waals surface area contributed by atoms with Gasteiger partial charge in [0, 0.05) is 29.4 Å². The van der Waals surface area contributed by atoms with Crippen LogP contribution in [0.1, 0.15) is 19.4 Å². The second kappa shape index (κ2) is 6.68. The normalized spacial score (nSPS) is 10.8. The summed E-state index contributed by atoms with van der Waals surface area (Å²) in [4.78, 5) is 3.93. The number of nitrogens with one attached hydrogen (secondary N) is 1. The Labute approximate surface area is 122 Å². The first-order valence-corrected chi connectivity index (χ1v) is 6.74. The summed E-state index contributed by atoms with van der Waals surface area (Å²) in [6.07, 6.45) is 1.53. The molecule has 2 aromatic rings. The number of benzene rings is 1. The topological polar surface area (TPSA) is 34.2 Å². The molecule has 0 aliphatic heterocycles. The minimum atomic E-state index is -0.449. The summed E-state index contributed by atoms with van der Waals surface area (Å²) in [5, 5.41) is 3.76. The van der Waals surface area contributed by atoms with E-state index < -0.39 is 5.82 Å². The van der Waals surface area contributed by atoms with Crippen LogP contribution >= 0.6 is 11.6 Å². The largest absolute Gasteiger partial charge is 0.436 e. The summed E-state index contributed by atoms with van der Waals surface area (Å²) >= 11 is 5.79. The van der Waals surface area contributed by atoms with Crippen molar-refractivity contribution in [2.45, 2.75) is 26.4 Å². The van der Waals surface area contributed by atoms with Crippen molar-refractivity contribution in [2.75, 3.05) is 0 Å². The third kappa shape index (κ3) is 3.92. The number of hydrogen-bond acceptors (Lipinski definition) is 3. The Morgan fingerprint density at radius 2 is 1.95 bits per heavy atom. The monoisotopic (exact) mass is 294 g/mol. The molecule has 5 heteroatoms. The third-order valence-electron chi connectivity index (χ3n) is 2.67. The summed E-state index contributed by atoms with van der Waals surface area (Å²) in [6, 6.07) is 8.62. The fraction of sp³-hybridized carbons (Fsp3) is 0.267. The zero-order chi connectivity index (χ0) is 14.5. The molecule has 1 N–H and O–H groups in total. The van der Waals surface area contributed by atoms with Gasteiger partial charge < -0.3 is 10.1 Å². The summed E-state index contributed by atoms with van der Waals surface area (Å²) in [7, 11) is 0. The quantitative estimate of drug-likeness (QED) is 0.899. The Balaban J connectivity index is 2.15. The van der Waals surface area contributed by atoms with Gasteiger partial charge in [-0.3, -0.25) is 0 Å². The van der Waals surface area contributed by atoms with Gasteiger partial charge in [0.2, 0.25) is 0 Å². The minimum absolute atomic E-state index is 0.0321. The molecular weight excluding hydrogens is 279 g/mol. The van der Waals surface area contributed by atoms with E-state index in [2.05, 4.69) is 10.3 Å². The van der Waals surface area contributed by atoms with Gasteiger partial charge in [-0.15, -0.1) is 0 Å². The predicted octanol–water partition coefficient (Wildman–Crippen LogP) is 4.16. The van der Waals surface area contributed by atoms with E-state index in [0.29, 0.717) is 22.9 Å². The summed E-state index contributed by atoms with van der Waals surface area (Å²) in [5.74, 6) is 0.0146. The van der Waals surface area contributed by atoms with Crippen molar-refractivity contribution in [3.8, 4) is 11.6 Å². The lowest BCUT2D eigenvalue weighted by Gasteiger charge is -2.11. The van der Waals surface area contributed by atoms with Crippen LogP contribution in [0, 0.1) is 5.82 Å². The van der Waals surface area contributed by atoms with Crippen LogP contribution in [-0.2, 0) is 6.54 Å². The van der Waals surface area contributed by atoms with Crippen molar-refractivity contribution in [3.05, 3.63) is 52.9 Å². The lowest BCUT2D eigenvalue weighted by Crippen LogP contribution is -2.22. The molecule has 20 heavy (non-hydrogen) atoms. The van der Waals surface area contributed by atoms with Crippen LogP contribution in [0.3, 0.4) is 0 Å². The highest BCUT2D eigenvalue weighted by atomic mass is 35.5. The van der Waals surface area contributed by atoms with Crippen molar-refractivity contribution in [2.24, 2.45) is 0 Å². The molecule has 0 unspecified atom stereocenters. The summed E-state index contributed by atoms with van der Waals surface area (Å²) < 4.78 is 19.7. The van der Waals surface area contributed by atoms with Gasteiger partial charge in [-0.1, -0.05) is 25.4 Å². The molecule has 0 saturated heterocycles. The molecule has 0 amide bonds. The number of aromatic nitrogens is 1. The molecule has 1 heterocycles. The van der Waals surface area contributed by atoms with Crippen molar-refractivity contribution in [3.63, 3.8) is 0 Å². The van der Waals surface area contributed by atoms with E-state index in [1.807, 2.05) is 13.8 Å². The average molecular weight is 295 g/mol. The van der Waals surface area contributed by atoms with E-state index in [9.17, 15) is 4.39 Å². The predicted molar refractivity (Wildman–Crippen MR) is 77.7 cm³/mol. The highest BCUT2D eigenvalue weighted by Gasteiger charge is 2.11. The zero-order valence-corrected chi connectivity index (χ0v) is 12.1. The zero-order valence-electron chi connectivity index (χ0n) is 11.4. The number of pyridine rings is 1. The molecular formula is C15H16ClFN2O. The lowest BCUT2D eigenvalue weighted by molar-refractivity contribution is 0.416.